The summed E-state index contributed by atoms with van der Waals surface area (Å²) < 4.78 is 26.8. The third-order valence-electron chi connectivity index (χ3n) is 7.12. The van der Waals surface area contributed by atoms with Crippen LogP contribution in [0.2, 0.25) is 0 Å². The summed E-state index contributed by atoms with van der Waals surface area (Å²) >= 11 is 0. The van der Waals surface area contributed by atoms with Gasteiger partial charge in [0.15, 0.2) is 0 Å². The molecule has 0 unspecified atom stereocenters. The monoisotopic (exact) mass is 596 g/mol. The fourth-order valence-corrected chi connectivity index (χ4v) is 4.91. The first-order valence-electron chi connectivity index (χ1n) is 13.8. The molecule has 0 atom stereocenters. The van der Waals surface area contributed by atoms with Crippen LogP contribution in [-0.4, -0.2) is 67.2 Å². The zero-order valence-corrected chi connectivity index (χ0v) is 23.7. The molecule has 3 aromatic heterocycles. The lowest BCUT2D eigenvalue weighted by Gasteiger charge is -2.32. The molecule has 13 nitrogen and oxygen atoms in total. The third-order valence-corrected chi connectivity index (χ3v) is 7.12. The van der Waals surface area contributed by atoms with Crippen LogP contribution in [-0.2, 0) is 4.79 Å². The van der Waals surface area contributed by atoms with Crippen LogP contribution >= 0.6 is 0 Å². The molecule has 1 aliphatic heterocycles. The molecule has 0 saturated carbocycles. The fourth-order valence-electron chi connectivity index (χ4n) is 4.91. The van der Waals surface area contributed by atoms with Crippen LogP contribution in [0.3, 0.4) is 0 Å². The van der Waals surface area contributed by atoms with Crippen LogP contribution in [0.4, 0.5) is 33.3 Å². The van der Waals surface area contributed by atoms with E-state index in [0.717, 1.165) is 18.5 Å². The van der Waals surface area contributed by atoms with Crippen molar-refractivity contribution in [1.29, 1.82) is 0 Å². The normalized spacial score (nSPS) is 13.4. The Morgan fingerprint density at radius 1 is 1.07 bits per heavy atom. The van der Waals surface area contributed by atoms with Crippen molar-refractivity contribution in [1.82, 2.24) is 35.0 Å². The van der Waals surface area contributed by atoms with Gasteiger partial charge in [0.1, 0.15) is 47.4 Å². The number of methoxy groups -OCH3 is 1. The largest absolute Gasteiger partial charge is 0.495 e. The Kier molecular flexibility index (Phi) is 8.12. The highest BCUT2D eigenvalue weighted by atomic mass is 19.1. The van der Waals surface area contributed by atoms with E-state index in [1.807, 2.05) is 12.1 Å². The fraction of sp³-hybridized carbons (Fsp3) is 0.200. The molecule has 44 heavy (non-hydrogen) atoms. The van der Waals surface area contributed by atoms with Crippen molar-refractivity contribution in [3.63, 3.8) is 0 Å². The lowest BCUT2D eigenvalue weighted by molar-refractivity contribution is -0.126. The molecule has 1 aliphatic rings. The van der Waals surface area contributed by atoms with Gasteiger partial charge in [-0.3, -0.25) is 4.79 Å². The number of ether oxygens (including phenoxy) is 2. The zero-order valence-electron chi connectivity index (χ0n) is 23.7. The van der Waals surface area contributed by atoms with E-state index >= 15 is 4.39 Å². The van der Waals surface area contributed by atoms with Gasteiger partial charge < -0.3 is 35.3 Å². The van der Waals surface area contributed by atoms with Crippen molar-refractivity contribution in [2.75, 3.05) is 36.1 Å². The summed E-state index contributed by atoms with van der Waals surface area (Å²) in [6.45, 7) is 4.84. The van der Waals surface area contributed by atoms with Gasteiger partial charge in [0.2, 0.25) is 11.9 Å². The molecule has 14 heteroatoms. The highest BCUT2D eigenvalue weighted by Gasteiger charge is 2.23. The van der Waals surface area contributed by atoms with E-state index in [9.17, 15) is 4.79 Å². The van der Waals surface area contributed by atoms with E-state index in [4.69, 9.17) is 9.47 Å². The molecule has 1 saturated heterocycles. The first-order valence-corrected chi connectivity index (χ1v) is 13.8. The first-order chi connectivity index (χ1) is 21.5. The zero-order chi connectivity index (χ0) is 30.5. The molecule has 0 radical (unpaired) electrons. The Morgan fingerprint density at radius 2 is 1.91 bits per heavy atom. The number of nitrogens with zero attached hydrogens (tertiary/aromatic N) is 6. The maximum atomic E-state index is 15.3. The quantitative estimate of drug-likeness (QED) is 0.158. The summed E-state index contributed by atoms with van der Waals surface area (Å²) in [6.07, 6.45) is 7.30. The van der Waals surface area contributed by atoms with Gasteiger partial charge in [-0.1, -0.05) is 6.58 Å². The highest BCUT2D eigenvalue weighted by Crippen LogP contribution is 2.35. The average Bonchev–Trinajstić information content (AvgIpc) is 3.55. The van der Waals surface area contributed by atoms with Crippen LogP contribution in [0.5, 0.6) is 17.2 Å². The van der Waals surface area contributed by atoms with Crippen molar-refractivity contribution in [3.8, 4) is 17.2 Å². The van der Waals surface area contributed by atoms with Crippen LogP contribution < -0.4 is 25.4 Å². The van der Waals surface area contributed by atoms with Crippen LogP contribution in [0.25, 0.3) is 10.9 Å². The van der Waals surface area contributed by atoms with E-state index in [1.54, 1.807) is 42.5 Å². The molecule has 1 fully saturated rings. The number of anilines is 5. The number of nitrogens with one attached hydrogen (secondary N) is 4. The molecule has 2 aromatic carbocycles. The lowest BCUT2D eigenvalue weighted by Crippen LogP contribution is -2.41. The SMILES string of the molecule is C=CC(=O)N1CCC(Nc2cc3c(Nc4ccc(Oc5ccnc(Nc6nnc[nH]6)c5)cc4F)ncnc3cc2OC)CC1. The van der Waals surface area contributed by atoms with Gasteiger partial charge in [0.05, 0.1) is 24.0 Å². The number of H-pyrrole nitrogens is 1. The molecule has 1 amide bonds. The van der Waals surface area contributed by atoms with Gasteiger partial charge in [-0.2, -0.15) is 0 Å². The summed E-state index contributed by atoms with van der Waals surface area (Å²) in [5.74, 6) is 2.12. The van der Waals surface area contributed by atoms with Crippen LogP contribution in [0.15, 0.2) is 74.0 Å². The molecule has 0 spiro atoms. The van der Waals surface area contributed by atoms with E-state index in [2.05, 4.69) is 52.7 Å². The summed E-state index contributed by atoms with van der Waals surface area (Å²) in [4.78, 5) is 29.6. The Labute approximate surface area is 251 Å². The van der Waals surface area contributed by atoms with Crippen LogP contribution in [0, 0.1) is 5.82 Å². The second kappa shape index (κ2) is 12.6. The van der Waals surface area contributed by atoms with Crippen molar-refractivity contribution >= 4 is 45.8 Å². The Balaban J connectivity index is 1.18. The highest BCUT2D eigenvalue weighted by molar-refractivity contribution is 5.95. The van der Waals surface area contributed by atoms with E-state index in [0.29, 0.717) is 58.8 Å². The van der Waals surface area contributed by atoms with Gasteiger partial charge in [-0.25, -0.2) is 19.3 Å². The maximum absolute atomic E-state index is 15.3. The van der Waals surface area contributed by atoms with E-state index < -0.39 is 5.82 Å². The molecule has 0 bridgehead atoms. The number of halogens is 1. The third kappa shape index (κ3) is 6.33. The lowest BCUT2D eigenvalue weighted by atomic mass is 10.0. The topological polar surface area (TPSA) is 155 Å². The predicted octanol–water partition coefficient (Wildman–Crippen LogP) is 5.16. The van der Waals surface area contributed by atoms with Gasteiger partial charge >= 0.3 is 0 Å². The number of piperidine rings is 1. The number of fused-ring (bicyclic) bond motifs is 1. The molecule has 6 rings (SSSR count). The minimum Gasteiger partial charge on any atom is -0.495 e. The first kappa shape index (κ1) is 28.3. The van der Waals surface area contributed by atoms with Crippen LogP contribution in [0.1, 0.15) is 12.8 Å². The van der Waals surface area contributed by atoms with Crippen molar-refractivity contribution in [2.24, 2.45) is 0 Å². The molecule has 224 valence electrons. The summed E-state index contributed by atoms with van der Waals surface area (Å²) in [5, 5.41) is 17.9. The molecular formula is C30H29FN10O3. The Bertz CT molecular complexity index is 1790. The molecule has 4 heterocycles. The summed E-state index contributed by atoms with van der Waals surface area (Å²) in [7, 11) is 1.59. The van der Waals surface area contributed by atoms with Crippen molar-refractivity contribution in [2.45, 2.75) is 18.9 Å². The van der Waals surface area contributed by atoms with Crippen molar-refractivity contribution in [3.05, 3.63) is 79.8 Å². The molecule has 4 N–H and O–H groups in total. The number of likely N-dealkylation sites (tertiary alicyclic amines) is 1. The number of aromatic nitrogens is 6. The van der Waals surface area contributed by atoms with Gasteiger partial charge in [0, 0.05) is 48.9 Å². The van der Waals surface area contributed by atoms with Crippen molar-refractivity contribution < 1.29 is 18.7 Å². The Hall–Kier alpha value is -5.79. The van der Waals surface area contributed by atoms with Gasteiger partial charge in [0.25, 0.3) is 0 Å². The standard InChI is InChI=1S/C30H29FN10O3/c1-3-28(42)41-10-7-18(8-11-41)37-25-14-21-24(15-26(25)43-2)33-16-34-29(21)38-23-5-4-19(12-22(23)31)44-20-6-9-32-27(13-20)39-30-35-17-36-40-30/h3-6,9,12-18,37H,1,7-8,10-11H2,2H3,(H,33,34,38)(H2,32,35,36,39,40). The number of carbonyl (C=O) groups is 1. The van der Waals surface area contributed by atoms with Gasteiger partial charge in [-0.15, -0.1) is 10.2 Å². The number of hydrogen-bond donors (Lipinski definition) is 4. The number of pyridine rings is 1. The summed E-state index contributed by atoms with van der Waals surface area (Å²) in [6, 6.07) is 11.7. The molecule has 0 aliphatic carbocycles. The number of rotatable bonds is 10. The minimum absolute atomic E-state index is 0.0608. The van der Waals surface area contributed by atoms with Gasteiger partial charge in [-0.05, 0) is 43.2 Å². The number of hydrogen-bond acceptors (Lipinski definition) is 11. The smallest absolute Gasteiger partial charge is 0.245 e. The van der Waals surface area contributed by atoms with E-state index in [1.165, 1.54) is 24.8 Å². The Morgan fingerprint density at radius 3 is 2.66 bits per heavy atom. The van der Waals surface area contributed by atoms with E-state index in [-0.39, 0.29) is 17.6 Å². The minimum atomic E-state index is -0.531. The maximum Gasteiger partial charge on any atom is 0.245 e. The molecule has 5 aromatic rings. The second-order valence-electron chi connectivity index (χ2n) is 9.95. The second-order valence-corrected chi connectivity index (χ2v) is 9.95. The summed E-state index contributed by atoms with van der Waals surface area (Å²) in [5.41, 5.74) is 1.60. The number of benzene rings is 2. The number of aromatic amines is 1. The predicted molar refractivity (Wildman–Crippen MR) is 163 cm³/mol. The molecular weight excluding hydrogens is 567 g/mol. The number of carbonyl (C=O) groups excluding carboxylic acids is 1. The number of amides is 1. The average molecular weight is 597 g/mol.